The molecule has 3 rings (SSSR count). The Morgan fingerprint density at radius 1 is 1.50 bits per heavy atom. The van der Waals surface area contributed by atoms with Crippen molar-refractivity contribution in [3.8, 4) is 0 Å². The molecule has 3 heterocycles. The van der Waals surface area contributed by atoms with Gasteiger partial charge in [0.05, 0.1) is 5.69 Å². The fraction of sp³-hybridized carbons (Fsp3) is 0.471. The topological polar surface area (TPSA) is 58.1 Å². The van der Waals surface area contributed by atoms with Gasteiger partial charge in [0, 0.05) is 37.3 Å². The molecule has 1 atom stereocenters. The average molecular weight is 348 g/mol. The minimum absolute atomic E-state index is 0.107. The quantitative estimate of drug-likeness (QED) is 0.902. The second-order valence-electron chi connectivity index (χ2n) is 6.30. The normalized spacial score (nSPS) is 18.0. The monoisotopic (exact) mass is 348 g/mol. The van der Waals surface area contributed by atoms with Gasteiger partial charge < -0.3 is 5.32 Å². The van der Waals surface area contributed by atoms with E-state index in [0.29, 0.717) is 28.7 Å². The third-order valence-corrected chi connectivity index (χ3v) is 5.12. The molecule has 0 saturated carbocycles. The maximum atomic E-state index is 14.1. The van der Waals surface area contributed by atoms with E-state index in [4.69, 9.17) is 0 Å². The molecule has 0 aliphatic carbocycles. The number of pyridine rings is 1. The van der Waals surface area contributed by atoms with Crippen LogP contribution in [-0.2, 0) is 17.8 Å². The van der Waals surface area contributed by atoms with E-state index in [1.165, 1.54) is 18.3 Å². The Labute approximate surface area is 144 Å². The van der Waals surface area contributed by atoms with Crippen LogP contribution in [0.5, 0.6) is 0 Å². The number of nitrogens with one attached hydrogen (secondary N) is 1. The van der Waals surface area contributed by atoms with E-state index < -0.39 is 0 Å². The maximum absolute atomic E-state index is 14.1. The third kappa shape index (κ3) is 4.15. The van der Waals surface area contributed by atoms with E-state index in [2.05, 4.69) is 20.2 Å². The van der Waals surface area contributed by atoms with Crippen molar-refractivity contribution in [2.75, 3.05) is 18.4 Å². The molecule has 1 aliphatic heterocycles. The molecule has 1 N–H and O–H groups in total. The minimum atomic E-state index is -0.168. The van der Waals surface area contributed by atoms with Crippen LogP contribution < -0.4 is 5.32 Å². The Bertz CT molecular complexity index is 733. The van der Waals surface area contributed by atoms with Crippen LogP contribution in [0.25, 0.3) is 0 Å². The highest BCUT2D eigenvalue weighted by Crippen LogP contribution is 2.26. The molecule has 0 aromatic carbocycles. The van der Waals surface area contributed by atoms with E-state index in [1.807, 2.05) is 6.20 Å². The smallest absolute Gasteiger partial charge is 0.223 e. The summed E-state index contributed by atoms with van der Waals surface area (Å²) in [5.74, 6) is 0.153. The molecule has 1 unspecified atom stereocenters. The van der Waals surface area contributed by atoms with Crippen LogP contribution in [0.1, 0.15) is 29.5 Å². The second kappa shape index (κ2) is 7.36. The van der Waals surface area contributed by atoms with Gasteiger partial charge in [0.1, 0.15) is 5.82 Å². The fourth-order valence-electron chi connectivity index (χ4n) is 3.04. The van der Waals surface area contributed by atoms with Crippen LogP contribution in [0.2, 0.25) is 0 Å². The summed E-state index contributed by atoms with van der Waals surface area (Å²) in [6, 6.07) is 1.70. The largest absolute Gasteiger partial charge is 0.302 e. The zero-order chi connectivity index (χ0) is 17.1. The Kier molecular flexibility index (Phi) is 5.20. The number of halogens is 1. The number of amides is 1. The maximum Gasteiger partial charge on any atom is 0.223 e. The van der Waals surface area contributed by atoms with Crippen LogP contribution in [0, 0.1) is 18.7 Å². The van der Waals surface area contributed by atoms with Gasteiger partial charge in [-0.25, -0.2) is 9.37 Å². The summed E-state index contributed by atoms with van der Waals surface area (Å²) in [6.45, 7) is 5.99. The van der Waals surface area contributed by atoms with Crippen molar-refractivity contribution in [2.45, 2.75) is 33.2 Å². The van der Waals surface area contributed by atoms with Crippen molar-refractivity contribution in [3.05, 3.63) is 40.4 Å². The minimum Gasteiger partial charge on any atom is -0.302 e. The molecule has 2 aromatic heterocycles. The summed E-state index contributed by atoms with van der Waals surface area (Å²) in [7, 11) is 0. The molecule has 1 aliphatic rings. The number of hydrogen-bond acceptors (Lipinski definition) is 5. The lowest BCUT2D eigenvalue weighted by Gasteiger charge is -2.15. The van der Waals surface area contributed by atoms with Gasteiger partial charge in [-0.15, -0.1) is 11.3 Å². The predicted octanol–water partition coefficient (Wildman–Crippen LogP) is 3.01. The number of carbonyl (C=O) groups excluding carboxylic acids is 1. The number of nitrogens with zero attached hydrogens (tertiary/aromatic N) is 3. The lowest BCUT2D eigenvalue weighted by atomic mass is 10.0. The molecule has 1 fully saturated rings. The van der Waals surface area contributed by atoms with Gasteiger partial charge in [0.2, 0.25) is 5.91 Å². The first-order chi connectivity index (χ1) is 11.5. The molecule has 1 amide bonds. The predicted molar refractivity (Wildman–Crippen MR) is 92.4 cm³/mol. The van der Waals surface area contributed by atoms with Gasteiger partial charge >= 0.3 is 0 Å². The number of rotatable bonds is 5. The molecule has 5 nitrogen and oxygen atoms in total. The molecule has 7 heteroatoms. The lowest BCUT2D eigenvalue weighted by Crippen LogP contribution is -2.20. The summed E-state index contributed by atoms with van der Waals surface area (Å²) in [5, 5.41) is 3.34. The first-order valence-corrected chi connectivity index (χ1v) is 8.87. The average Bonchev–Trinajstić information content (AvgIpc) is 3.14. The molecule has 0 radical (unpaired) electrons. The zero-order valence-electron chi connectivity index (χ0n) is 13.9. The fourth-order valence-corrected chi connectivity index (χ4v) is 3.95. The number of aromatic nitrogens is 2. The van der Waals surface area contributed by atoms with E-state index >= 15 is 0 Å². The van der Waals surface area contributed by atoms with Gasteiger partial charge in [0.25, 0.3) is 0 Å². The number of anilines is 1. The zero-order valence-corrected chi connectivity index (χ0v) is 14.7. The van der Waals surface area contributed by atoms with E-state index in [1.54, 1.807) is 19.2 Å². The van der Waals surface area contributed by atoms with Crippen molar-refractivity contribution in [1.82, 2.24) is 14.9 Å². The molecule has 24 heavy (non-hydrogen) atoms. The third-order valence-electron chi connectivity index (χ3n) is 4.22. The summed E-state index contributed by atoms with van der Waals surface area (Å²) < 4.78 is 14.1. The van der Waals surface area contributed by atoms with Crippen molar-refractivity contribution in [2.24, 2.45) is 5.92 Å². The molecule has 1 saturated heterocycles. The van der Waals surface area contributed by atoms with Crippen LogP contribution in [0.3, 0.4) is 0 Å². The highest BCUT2D eigenvalue weighted by atomic mass is 32.1. The van der Waals surface area contributed by atoms with E-state index in [9.17, 15) is 9.18 Å². The number of aryl methyl sites for hydroxylation is 1. The molecule has 0 spiro atoms. The Balaban J connectivity index is 1.54. The van der Waals surface area contributed by atoms with Crippen LogP contribution in [-0.4, -0.2) is 33.9 Å². The van der Waals surface area contributed by atoms with E-state index in [0.717, 1.165) is 30.9 Å². The Hall–Kier alpha value is -1.86. The van der Waals surface area contributed by atoms with Gasteiger partial charge in [-0.1, -0.05) is 0 Å². The van der Waals surface area contributed by atoms with Crippen molar-refractivity contribution in [1.29, 1.82) is 0 Å². The molecule has 128 valence electrons. The van der Waals surface area contributed by atoms with Crippen molar-refractivity contribution in [3.63, 3.8) is 0 Å². The highest BCUT2D eigenvalue weighted by molar-refractivity contribution is 7.15. The number of likely N-dealkylation sites (tertiary alicyclic amines) is 1. The second-order valence-corrected chi connectivity index (χ2v) is 7.41. The van der Waals surface area contributed by atoms with Crippen molar-refractivity contribution < 1.29 is 9.18 Å². The molecular formula is C17H21FN4OS. The van der Waals surface area contributed by atoms with Crippen LogP contribution >= 0.6 is 11.3 Å². The summed E-state index contributed by atoms with van der Waals surface area (Å²) >= 11 is 1.50. The van der Waals surface area contributed by atoms with Gasteiger partial charge in [-0.3, -0.25) is 14.7 Å². The summed E-state index contributed by atoms with van der Waals surface area (Å²) in [6.07, 6.45) is 5.22. The standard InChI is InChI=1S/C17H21FN4OS/c1-11-3-5-19-15(16(11)18)7-13-4-6-22(9-13)10-14-8-20-17(24-14)21-12(2)23/h3,5,8,13H,4,6-7,9-10H2,1-2H3,(H,20,21,23). The summed E-state index contributed by atoms with van der Waals surface area (Å²) in [4.78, 5) is 22.9. The number of carbonyl (C=O) groups is 1. The number of hydrogen-bond donors (Lipinski definition) is 1. The Morgan fingerprint density at radius 2 is 2.33 bits per heavy atom. The summed E-state index contributed by atoms with van der Waals surface area (Å²) in [5.41, 5.74) is 1.23. The highest BCUT2D eigenvalue weighted by Gasteiger charge is 2.25. The van der Waals surface area contributed by atoms with Crippen LogP contribution in [0.4, 0.5) is 9.52 Å². The van der Waals surface area contributed by atoms with Gasteiger partial charge in [-0.2, -0.15) is 0 Å². The first kappa shape index (κ1) is 17.0. The van der Waals surface area contributed by atoms with E-state index in [-0.39, 0.29) is 11.7 Å². The molecular weight excluding hydrogens is 327 g/mol. The van der Waals surface area contributed by atoms with Gasteiger partial charge in [-0.05, 0) is 43.9 Å². The molecule has 0 bridgehead atoms. The van der Waals surface area contributed by atoms with Crippen molar-refractivity contribution >= 4 is 22.4 Å². The first-order valence-electron chi connectivity index (χ1n) is 8.06. The van der Waals surface area contributed by atoms with Gasteiger partial charge in [0.15, 0.2) is 5.13 Å². The SMILES string of the molecule is CC(=O)Nc1ncc(CN2CCC(Cc3nccc(C)c3F)C2)s1. The lowest BCUT2D eigenvalue weighted by molar-refractivity contribution is -0.114. The molecule has 2 aromatic rings. The Morgan fingerprint density at radius 3 is 3.12 bits per heavy atom. The number of thiazole rings is 1. The van der Waals surface area contributed by atoms with Crippen LogP contribution in [0.15, 0.2) is 18.5 Å².